The van der Waals surface area contributed by atoms with Crippen LogP contribution in [-0.4, -0.2) is 29.0 Å². The van der Waals surface area contributed by atoms with E-state index >= 15 is 0 Å². The SMILES string of the molecule is Cc1ccc(Nc2cc(C)nc(NCCNC(=O)C3(c4ccc(Cl)cc4)CCCC3)n2)cc1. The zero-order chi connectivity index (χ0) is 23.3. The van der Waals surface area contributed by atoms with E-state index in [1.165, 1.54) is 5.56 Å². The summed E-state index contributed by atoms with van der Waals surface area (Å²) in [5, 5.41) is 10.4. The summed E-state index contributed by atoms with van der Waals surface area (Å²) in [5.41, 5.74) is 3.62. The Morgan fingerprint density at radius 3 is 2.36 bits per heavy atom. The third-order valence-corrected chi connectivity index (χ3v) is 6.41. The van der Waals surface area contributed by atoms with E-state index in [0.29, 0.717) is 24.1 Å². The van der Waals surface area contributed by atoms with Crippen LogP contribution in [0.1, 0.15) is 42.5 Å². The highest BCUT2D eigenvalue weighted by molar-refractivity contribution is 6.30. The number of rotatable bonds is 8. The molecule has 1 aromatic heterocycles. The number of aromatic nitrogens is 2. The number of carbonyl (C=O) groups excluding carboxylic acids is 1. The molecule has 1 aliphatic rings. The number of halogens is 1. The van der Waals surface area contributed by atoms with Crippen molar-refractivity contribution in [3.8, 4) is 0 Å². The Hall–Kier alpha value is -3.12. The molecular formula is C26H30ClN5O. The number of nitrogens with one attached hydrogen (secondary N) is 3. The van der Waals surface area contributed by atoms with Crippen LogP contribution in [0.3, 0.4) is 0 Å². The molecule has 1 amide bonds. The van der Waals surface area contributed by atoms with E-state index in [4.69, 9.17) is 11.6 Å². The van der Waals surface area contributed by atoms with E-state index in [2.05, 4.69) is 45.0 Å². The van der Waals surface area contributed by atoms with Crippen LogP contribution in [0.2, 0.25) is 5.02 Å². The van der Waals surface area contributed by atoms with Gasteiger partial charge in [0.05, 0.1) is 5.41 Å². The summed E-state index contributed by atoms with van der Waals surface area (Å²) >= 11 is 6.05. The molecule has 0 bridgehead atoms. The summed E-state index contributed by atoms with van der Waals surface area (Å²) in [4.78, 5) is 22.2. The van der Waals surface area contributed by atoms with Crippen LogP contribution < -0.4 is 16.0 Å². The predicted octanol–water partition coefficient (Wildman–Crippen LogP) is 5.53. The molecule has 0 spiro atoms. The predicted molar refractivity (Wildman–Crippen MR) is 134 cm³/mol. The molecule has 6 nitrogen and oxygen atoms in total. The maximum Gasteiger partial charge on any atom is 0.230 e. The number of nitrogens with zero attached hydrogens (tertiary/aromatic N) is 2. The summed E-state index contributed by atoms with van der Waals surface area (Å²) in [6.07, 6.45) is 3.84. The standard InChI is InChI=1S/C26H30ClN5O/c1-18-5-11-22(12-6-18)31-23-17-19(2)30-25(32-23)29-16-15-28-24(33)26(13-3-4-14-26)20-7-9-21(27)10-8-20/h5-12,17H,3-4,13-16H2,1-2H3,(H,28,33)(H2,29,30,31,32). The molecular weight excluding hydrogens is 434 g/mol. The lowest BCUT2D eigenvalue weighted by molar-refractivity contribution is -0.126. The Morgan fingerprint density at radius 2 is 1.67 bits per heavy atom. The van der Waals surface area contributed by atoms with Crippen molar-refractivity contribution < 1.29 is 4.79 Å². The third kappa shape index (κ3) is 5.63. The van der Waals surface area contributed by atoms with Crippen molar-refractivity contribution in [2.24, 2.45) is 0 Å². The summed E-state index contributed by atoms with van der Waals surface area (Å²) in [7, 11) is 0. The first-order chi connectivity index (χ1) is 15.9. The smallest absolute Gasteiger partial charge is 0.230 e. The monoisotopic (exact) mass is 463 g/mol. The molecule has 3 aromatic rings. The fourth-order valence-electron chi connectivity index (χ4n) is 4.41. The molecule has 3 N–H and O–H groups in total. The Bertz CT molecular complexity index is 1090. The van der Waals surface area contributed by atoms with Crippen molar-refractivity contribution >= 4 is 35.0 Å². The number of aryl methyl sites for hydroxylation is 2. The minimum Gasteiger partial charge on any atom is -0.354 e. The first-order valence-electron chi connectivity index (χ1n) is 11.4. The lowest BCUT2D eigenvalue weighted by atomic mass is 9.78. The van der Waals surface area contributed by atoms with E-state index < -0.39 is 5.41 Å². The average Bonchev–Trinajstić information content (AvgIpc) is 3.30. The van der Waals surface area contributed by atoms with Gasteiger partial charge in [0.1, 0.15) is 5.82 Å². The van der Waals surface area contributed by atoms with E-state index in [-0.39, 0.29) is 5.91 Å². The maximum absolute atomic E-state index is 13.2. The van der Waals surface area contributed by atoms with Gasteiger partial charge in [-0.3, -0.25) is 4.79 Å². The molecule has 1 saturated carbocycles. The Morgan fingerprint density at radius 1 is 0.970 bits per heavy atom. The Kier molecular flexibility index (Phi) is 7.14. The number of amides is 1. The molecule has 0 radical (unpaired) electrons. The molecule has 0 unspecified atom stereocenters. The zero-order valence-corrected chi connectivity index (χ0v) is 19.9. The second kappa shape index (κ2) is 10.2. The van der Waals surface area contributed by atoms with Gasteiger partial charge in [0.2, 0.25) is 11.9 Å². The third-order valence-electron chi connectivity index (χ3n) is 6.16. The molecule has 1 fully saturated rings. The van der Waals surface area contributed by atoms with Gasteiger partial charge in [-0.25, -0.2) is 4.98 Å². The number of hydrogen-bond acceptors (Lipinski definition) is 5. The van der Waals surface area contributed by atoms with E-state index in [0.717, 1.165) is 48.4 Å². The molecule has 172 valence electrons. The van der Waals surface area contributed by atoms with Gasteiger partial charge in [-0.1, -0.05) is 54.3 Å². The van der Waals surface area contributed by atoms with Gasteiger partial charge >= 0.3 is 0 Å². The minimum atomic E-state index is -0.463. The summed E-state index contributed by atoms with van der Waals surface area (Å²) in [5.74, 6) is 1.34. The largest absolute Gasteiger partial charge is 0.354 e. The summed E-state index contributed by atoms with van der Waals surface area (Å²) < 4.78 is 0. The minimum absolute atomic E-state index is 0.0796. The van der Waals surface area contributed by atoms with Crippen molar-refractivity contribution in [3.63, 3.8) is 0 Å². The number of anilines is 3. The van der Waals surface area contributed by atoms with E-state index in [1.54, 1.807) is 0 Å². The quantitative estimate of drug-likeness (QED) is 0.383. The highest BCUT2D eigenvalue weighted by Gasteiger charge is 2.42. The van der Waals surface area contributed by atoms with Gasteiger partial charge in [0.25, 0.3) is 0 Å². The molecule has 1 aliphatic carbocycles. The fourth-order valence-corrected chi connectivity index (χ4v) is 4.54. The molecule has 0 aliphatic heterocycles. The normalized spacial score (nSPS) is 14.6. The van der Waals surface area contributed by atoms with Gasteiger partial charge in [-0.05, 0) is 56.5 Å². The highest BCUT2D eigenvalue weighted by atomic mass is 35.5. The van der Waals surface area contributed by atoms with Crippen molar-refractivity contribution in [2.75, 3.05) is 23.7 Å². The second-order valence-electron chi connectivity index (χ2n) is 8.69. The van der Waals surface area contributed by atoms with Crippen molar-refractivity contribution in [1.82, 2.24) is 15.3 Å². The topological polar surface area (TPSA) is 78.9 Å². The Balaban J connectivity index is 1.34. The summed E-state index contributed by atoms with van der Waals surface area (Å²) in [6.45, 7) is 5.02. The molecule has 0 atom stereocenters. The Labute approximate surface area is 200 Å². The zero-order valence-electron chi connectivity index (χ0n) is 19.1. The van der Waals surface area contributed by atoms with E-state index in [1.807, 2.05) is 49.4 Å². The van der Waals surface area contributed by atoms with Crippen LogP contribution in [-0.2, 0) is 10.2 Å². The van der Waals surface area contributed by atoms with Crippen LogP contribution in [0, 0.1) is 13.8 Å². The number of hydrogen-bond donors (Lipinski definition) is 3. The summed E-state index contributed by atoms with van der Waals surface area (Å²) in [6, 6.07) is 17.8. The van der Waals surface area contributed by atoms with Crippen LogP contribution >= 0.6 is 11.6 Å². The van der Waals surface area contributed by atoms with Crippen LogP contribution in [0.4, 0.5) is 17.5 Å². The molecule has 33 heavy (non-hydrogen) atoms. The van der Waals surface area contributed by atoms with E-state index in [9.17, 15) is 4.79 Å². The van der Waals surface area contributed by atoms with Crippen LogP contribution in [0.5, 0.6) is 0 Å². The van der Waals surface area contributed by atoms with Gasteiger partial charge in [-0.2, -0.15) is 4.98 Å². The first-order valence-corrected chi connectivity index (χ1v) is 11.8. The number of carbonyl (C=O) groups is 1. The number of benzene rings is 2. The van der Waals surface area contributed by atoms with Crippen molar-refractivity contribution in [2.45, 2.75) is 44.9 Å². The van der Waals surface area contributed by atoms with Gasteiger partial charge in [0, 0.05) is 35.6 Å². The first kappa shape index (κ1) is 23.1. The lowest BCUT2D eigenvalue weighted by Crippen LogP contribution is -2.44. The van der Waals surface area contributed by atoms with Gasteiger partial charge < -0.3 is 16.0 Å². The molecule has 1 heterocycles. The average molecular weight is 464 g/mol. The van der Waals surface area contributed by atoms with Crippen LogP contribution in [0.15, 0.2) is 54.6 Å². The maximum atomic E-state index is 13.2. The van der Waals surface area contributed by atoms with Gasteiger partial charge in [0.15, 0.2) is 0 Å². The fraction of sp³-hybridized carbons (Fsp3) is 0.346. The second-order valence-corrected chi connectivity index (χ2v) is 9.12. The molecule has 7 heteroatoms. The molecule has 4 rings (SSSR count). The highest BCUT2D eigenvalue weighted by Crippen LogP contribution is 2.41. The lowest BCUT2D eigenvalue weighted by Gasteiger charge is -2.28. The van der Waals surface area contributed by atoms with Crippen LogP contribution in [0.25, 0.3) is 0 Å². The van der Waals surface area contributed by atoms with Crippen molar-refractivity contribution in [3.05, 3.63) is 76.4 Å². The van der Waals surface area contributed by atoms with Crippen molar-refractivity contribution in [1.29, 1.82) is 0 Å². The molecule has 2 aromatic carbocycles. The molecule has 0 saturated heterocycles. The van der Waals surface area contributed by atoms with Gasteiger partial charge in [-0.15, -0.1) is 0 Å².